The highest BCUT2D eigenvalue weighted by molar-refractivity contribution is 7.99. The van der Waals surface area contributed by atoms with Crippen LogP contribution in [0.4, 0.5) is 0 Å². The Balaban J connectivity index is 2.36. The average molecular weight is 273 g/mol. The van der Waals surface area contributed by atoms with Gasteiger partial charge in [-0.1, -0.05) is 19.1 Å². The molecule has 0 aliphatic carbocycles. The summed E-state index contributed by atoms with van der Waals surface area (Å²) in [5.41, 5.74) is 9.74. The van der Waals surface area contributed by atoms with Gasteiger partial charge >= 0.3 is 0 Å². The number of nitrogens with two attached hydrogens (primary N) is 1. The molecule has 2 rings (SSSR count). The summed E-state index contributed by atoms with van der Waals surface area (Å²) in [6.07, 6.45) is 0. The molecule has 2 N–H and O–H groups in total. The predicted octanol–water partition coefficient (Wildman–Crippen LogP) is 3.33. The summed E-state index contributed by atoms with van der Waals surface area (Å²) in [7, 11) is 0. The predicted molar refractivity (Wildman–Crippen MR) is 81.2 cm³/mol. The van der Waals surface area contributed by atoms with Gasteiger partial charge in [-0.05, 0) is 31.7 Å². The maximum absolute atomic E-state index is 5.71. The van der Waals surface area contributed by atoms with Crippen LogP contribution in [0.1, 0.15) is 23.9 Å². The van der Waals surface area contributed by atoms with Crippen molar-refractivity contribution in [3.8, 4) is 11.4 Å². The van der Waals surface area contributed by atoms with Crippen LogP contribution in [0.3, 0.4) is 0 Å². The van der Waals surface area contributed by atoms with Crippen molar-refractivity contribution in [2.45, 2.75) is 32.2 Å². The van der Waals surface area contributed by atoms with Crippen LogP contribution in [0.2, 0.25) is 0 Å². The number of aromatic nitrogens is 2. The molecule has 19 heavy (non-hydrogen) atoms. The first kappa shape index (κ1) is 14.0. The van der Waals surface area contributed by atoms with Crippen LogP contribution >= 0.6 is 11.8 Å². The Bertz CT molecular complexity index is 541. The van der Waals surface area contributed by atoms with E-state index >= 15 is 0 Å². The third-order valence-electron chi connectivity index (χ3n) is 3.05. The van der Waals surface area contributed by atoms with Gasteiger partial charge in [0, 0.05) is 34.0 Å². The normalized spacial score (nSPS) is 10.7. The molecule has 1 heterocycles. The van der Waals surface area contributed by atoms with E-state index in [-0.39, 0.29) is 0 Å². The van der Waals surface area contributed by atoms with E-state index in [9.17, 15) is 0 Å². The van der Waals surface area contributed by atoms with E-state index in [4.69, 9.17) is 5.73 Å². The van der Waals surface area contributed by atoms with Crippen LogP contribution in [0.25, 0.3) is 11.4 Å². The molecule has 0 amide bonds. The smallest absolute Gasteiger partial charge is 0.159 e. The first-order valence-corrected chi connectivity index (χ1v) is 7.41. The summed E-state index contributed by atoms with van der Waals surface area (Å²) in [5, 5.41) is 0. The van der Waals surface area contributed by atoms with Gasteiger partial charge in [-0.3, -0.25) is 0 Å². The lowest BCUT2D eigenvalue weighted by atomic mass is 10.1. The summed E-state index contributed by atoms with van der Waals surface area (Å²) in [6, 6.07) is 8.39. The van der Waals surface area contributed by atoms with Gasteiger partial charge in [-0.15, -0.1) is 11.8 Å². The molecule has 0 saturated heterocycles. The number of thioether (sulfide) groups is 1. The van der Waals surface area contributed by atoms with Crippen molar-refractivity contribution in [1.82, 2.24) is 9.97 Å². The standard InChI is InChI=1S/C15H19N3S/c1-4-19-13-7-5-12(6-8-13)15-17-10(2)14(9-16)11(3)18-15/h5-8H,4,9,16H2,1-3H3. The summed E-state index contributed by atoms with van der Waals surface area (Å²) in [6.45, 7) is 6.62. The van der Waals surface area contributed by atoms with Crippen molar-refractivity contribution in [2.75, 3.05) is 5.75 Å². The number of hydrogen-bond acceptors (Lipinski definition) is 4. The van der Waals surface area contributed by atoms with Crippen LogP contribution in [-0.2, 0) is 6.54 Å². The second-order valence-corrected chi connectivity index (χ2v) is 5.70. The lowest BCUT2D eigenvalue weighted by molar-refractivity contribution is 0.939. The minimum atomic E-state index is 0.490. The number of nitrogens with zero attached hydrogens (tertiary/aromatic N) is 2. The molecule has 0 atom stereocenters. The maximum atomic E-state index is 5.71. The highest BCUT2D eigenvalue weighted by atomic mass is 32.2. The molecule has 0 aliphatic heterocycles. The summed E-state index contributed by atoms with van der Waals surface area (Å²) >= 11 is 1.83. The SMILES string of the molecule is CCSc1ccc(-c2nc(C)c(CN)c(C)n2)cc1. The van der Waals surface area contributed by atoms with Gasteiger partial charge in [0.25, 0.3) is 0 Å². The number of benzene rings is 1. The van der Waals surface area contributed by atoms with E-state index in [2.05, 4.69) is 41.2 Å². The van der Waals surface area contributed by atoms with E-state index in [1.54, 1.807) is 0 Å². The largest absolute Gasteiger partial charge is 0.326 e. The van der Waals surface area contributed by atoms with Crippen molar-refractivity contribution in [2.24, 2.45) is 5.73 Å². The Morgan fingerprint density at radius 1 is 1.05 bits per heavy atom. The molecule has 4 heteroatoms. The molecule has 0 saturated carbocycles. The molecule has 0 fully saturated rings. The van der Waals surface area contributed by atoms with Crippen molar-refractivity contribution in [3.63, 3.8) is 0 Å². The fourth-order valence-electron chi connectivity index (χ4n) is 2.03. The molecule has 0 spiro atoms. The van der Waals surface area contributed by atoms with Crippen molar-refractivity contribution >= 4 is 11.8 Å². The monoisotopic (exact) mass is 273 g/mol. The summed E-state index contributed by atoms with van der Waals surface area (Å²) < 4.78 is 0. The molecular weight excluding hydrogens is 254 g/mol. The zero-order chi connectivity index (χ0) is 13.8. The van der Waals surface area contributed by atoms with Crippen molar-refractivity contribution in [1.29, 1.82) is 0 Å². The number of aryl methyl sites for hydroxylation is 2. The maximum Gasteiger partial charge on any atom is 0.159 e. The Labute approximate surface area is 118 Å². The Morgan fingerprint density at radius 3 is 2.11 bits per heavy atom. The van der Waals surface area contributed by atoms with Crippen molar-refractivity contribution in [3.05, 3.63) is 41.2 Å². The van der Waals surface area contributed by atoms with Gasteiger partial charge in [0.1, 0.15) is 0 Å². The third kappa shape index (κ3) is 3.14. The van der Waals surface area contributed by atoms with E-state index in [0.29, 0.717) is 6.54 Å². The van der Waals surface area contributed by atoms with Crippen LogP contribution in [0.15, 0.2) is 29.2 Å². The van der Waals surface area contributed by atoms with E-state index in [0.717, 1.165) is 34.1 Å². The second kappa shape index (κ2) is 6.17. The topological polar surface area (TPSA) is 51.8 Å². The third-order valence-corrected chi connectivity index (χ3v) is 3.94. The van der Waals surface area contributed by atoms with Gasteiger partial charge in [0.05, 0.1) is 0 Å². The molecule has 3 nitrogen and oxygen atoms in total. The fraction of sp³-hybridized carbons (Fsp3) is 0.333. The van der Waals surface area contributed by atoms with E-state index < -0.39 is 0 Å². The minimum Gasteiger partial charge on any atom is -0.326 e. The van der Waals surface area contributed by atoms with Crippen molar-refractivity contribution < 1.29 is 0 Å². The molecular formula is C15H19N3S. The lowest BCUT2D eigenvalue weighted by Gasteiger charge is -2.09. The van der Waals surface area contributed by atoms with E-state index in [1.165, 1.54) is 4.90 Å². The molecule has 100 valence electrons. The Hall–Kier alpha value is -1.39. The summed E-state index contributed by atoms with van der Waals surface area (Å²) in [4.78, 5) is 10.4. The quantitative estimate of drug-likeness (QED) is 0.868. The van der Waals surface area contributed by atoms with Crippen LogP contribution in [-0.4, -0.2) is 15.7 Å². The first-order valence-electron chi connectivity index (χ1n) is 6.43. The Kier molecular flexibility index (Phi) is 4.56. The molecule has 2 aromatic rings. The zero-order valence-electron chi connectivity index (χ0n) is 11.6. The van der Waals surface area contributed by atoms with E-state index in [1.807, 2.05) is 25.6 Å². The molecule has 0 unspecified atom stereocenters. The second-order valence-electron chi connectivity index (χ2n) is 4.36. The van der Waals surface area contributed by atoms with Gasteiger partial charge < -0.3 is 5.73 Å². The van der Waals surface area contributed by atoms with Crippen LogP contribution in [0, 0.1) is 13.8 Å². The van der Waals surface area contributed by atoms with Gasteiger partial charge in [0.2, 0.25) is 0 Å². The Morgan fingerprint density at radius 2 is 1.63 bits per heavy atom. The van der Waals surface area contributed by atoms with Crippen LogP contribution in [0.5, 0.6) is 0 Å². The average Bonchev–Trinajstić information content (AvgIpc) is 2.39. The highest BCUT2D eigenvalue weighted by Crippen LogP contribution is 2.23. The highest BCUT2D eigenvalue weighted by Gasteiger charge is 2.08. The van der Waals surface area contributed by atoms with Gasteiger partial charge in [-0.25, -0.2) is 9.97 Å². The lowest BCUT2D eigenvalue weighted by Crippen LogP contribution is -2.07. The summed E-state index contributed by atoms with van der Waals surface area (Å²) in [5.74, 6) is 1.86. The van der Waals surface area contributed by atoms with Gasteiger partial charge in [0.15, 0.2) is 5.82 Å². The zero-order valence-corrected chi connectivity index (χ0v) is 12.4. The molecule has 1 aromatic heterocycles. The minimum absolute atomic E-state index is 0.490. The molecule has 0 radical (unpaired) electrons. The fourth-order valence-corrected chi connectivity index (χ4v) is 2.69. The van der Waals surface area contributed by atoms with Gasteiger partial charge in [-0.2, -0.15) is 0 Å². The molecule has 1 aromatic carbocycles. The first-order chi connectivity index (χ1) is 9.15. The van der Waals surface area contributed by atoms with Crippen LogP contribution < -0.4 is 5.73 Å². The molecule has 0 bridgehead atoms. The molecule has 0 aliphatic rings. The number of hydrogen-bond donors (Lipinski definition) is 1. The number of rotatable bonds is 4.